The molecule has 0 aromatic heterocycles. The highest BCUT2D eigenvalue weighted by atomic mass is 35.5. The van der Waals surface area contributed by atoms with Crippen molar-refractivity contribution in [2.45, 2.75) is 46.0 Å². The molecule has 0 rings (SSSR count). The average molecular weight is 206 g/mol. The van der Waals surface area contributed by atoms with E-state index in [1.807, 2.05) is 0 Å². The molecule has 1 N–H and O–H groups in total. The summed E-state index contributed by atoms with van der Waals surface area (Å²) in [5.41, 5.74) is 0. The van der Waals surface area contributed by atoms with Crippen molar-refractivity contribution in [3.05, 3.63) is 0 Å². The summed E-state index contributed by atoms with van der Waals surface area (Å²) in [5.74, 6) is 1.64. The van der Waals surface area contributed by atoms with Crippen LogP contribution in [0.1, 0.15) is 46.0 Å². The van der Waals surface area contributed by atoms with E-state index in [0.717, 1.165) is 11.8 Å². The fourth-order valence-electron chi connectivity index (χ4n) is 1.21. The van der Waals surface area contributed by atoms with E-state index in [1.165, 1.54) is 45.2 Å². The Morgan fingerprint density at radius 3 is 2.31 bits per heavy atom. The van der Waals surface area contributed by atoms with Gasteiger partial charge in [-0.05, 0) is 38.3 Å². The Bertz CT molecular complexity index is 94.1. The molecule has 0 radical (unpaired) electrons. The van der Waals surface area contributed by atoms with Gasteiger partial charge >= 0.3 is 0 Å². The lowest BCUT2D eigenvalue weighted by molar-refractivity contribution is 0.523. The van der Waals surface area contributed by atoms with Gasteiger partial charge in [-0.1, -0.05) is 26.7 Å². The van der Waals surface area contributed by atoms with Crippen molar-refractivity contribution in [1.29, 1.82) is 0 Å². The summed E-state index contributed by atoms with van der Waals surface area (Å²) in [7, 11) is 0. The molecule has 0 heterocycles. The predicted octanol–water partition coefficient (Wildman–Crippen LogP) is 3.42. The molecule has 13 heavy (non-hydrogen) atoms. The Labute approximate surface area is 88.2 Å². The lowest BCUT2D eigenvalue weighted by Crippen LogP contribution is -2.17. The first kappa shape index (κ1) is 13.2. The van der Waals surface area contributed by atoms with Crippen LogP contribution in [0, 0.1) is 5.92 Å². The molecule has 0 saturated carbocycles. The van der Waals surface area contributed by atoms with E-state index in [9.17, 15) is 0 Å². The average Bonchev–Trinajstić information content (AvgIpc) is 2.09. The molecule has 0 amide bonds. The van der Waals surface area contributed by atoms with Crippen LogP contribution in [0.4, 0.5) is 0 Å². The van der Waals surface area contributed by atoms with Gasteiger partial charge in [0.1, 0.15) is 0 Å². The zero-order valence-electron chi connectivity index (χ0n) is 9.11. The largest absolute Gasteiger partial charge is 0.317 e. The molecule has 0 spiro atoms. The zero-order chi connectivity index (χ0) is 9.94. The van der Waals surface area contributed by atoms with Gasteiger partial charge in [0.25, 0.3) is 0 Å². The minimum absolute atomic E-state index is 0.820. The highest BCUT2D eigenvalue weighted by molar-refractivity contribution is 6.17. The summed E-state index contributed by atoms with van der Waals surface area (Å²) in [6, 6.07) is 0. The summed E-state index contributed by atoms with van der Waals surface area (Å²) in [4.78, 5) is 0. The van der Waals surface area contributed by atoms with Crippen molar-refractivity contribution < 1.29 is 0 Å². The Morgan fingerprint density at radius 1 is 1.00 bits per heavy atom. The van der Waals surface area contributed by atoms with Crippen LogP contribution in [0.5, 0.6) is 0 Å². The summed E-state index contributed by atoms with van der Waals surface area (Å²) in [6.07, 6.45) is 6.38. The summed E-state index contributed by atoms with van der Waals surface area (Å²) in [6.45, 7) is 6.88. The van der Waals surface area contributed by atoms with Crippen LogP contribution >= 0.6 is 11.6 Å². The Hall–Kier alpha value is 0.250. The molecule has 0 aromatic carbocycles. The van der Waals surface area contributed by atoms with Gasteiger partial charge in [-0.2, -0.15) is 0 Å². The number of halogens is 1. The van der Waals surface area contributed by atoms with E-state index < -0.39 is 0 Å². The van der Waals surface area contributed by atoms with Crippen LogP contribution in [-0.4, -0.2) is 19.0 Å². The van der Waals surface area contributed by atoms with Gasteiger partial charge in [0, 0.05) is 5.88 Å². The number of unbranched alkanes of at least 4 members (excludes halogenated alkanes) is 3. The maximum absolute atomic E-state index is 5.58. The van der Waals surface area contributed by atoms with E-state index in [1.54, 1.807) is 0 Å². The van der Waals surface area contributed by atoms with E-state index in [0.29, 0.717) is 0 Å². The SMILES string of the molecule is CC(C)CCNCCCCCCCl. The molecule has 0 aliphatic carbocycles. The van der Waals surface area contributed by atoms with Crippen molar-refractivity contribution in [2.24, 2.45) is 5.92 Å². The third kappa shape index (κ3) is 12.2. The van der Waals surface area contributed by atoms with Gasteiger partial charge in [0.05, 0.1) is 0 Å². The summed E-state index contributed by atoms with van der Waals surface area (Å²) in [5, 5.41) is 3.46. The predicted molar refractivity (Wildman–Crippen MR) is 61.5 cm³/mol. The van der Waals surface area contributed by atoms with Crippen molar-refractivity contribution >= 4 is 11.6 Å². The van der Waals surface area contributed by atoms with Gasteiger partial charge in [-0.25, -0.2) is 0 Å². The topological polar surface area (TPSA) is 12.0 Å². The van der Waals surface area contributed by atoms with E-state index in [4.69, 9.17) is 11.6 Å². The van der Waals surface area contributed by atoms with Gasteiger partial charge in [-0.15, -0.1) is 11.6 Å². The number of nitrogens with one attached hydrogen (secondary N) is 1. The summed E-state index contributed by atoms with van der Waals surface area (Å²) < 4.78 is 0. The Kier molecular flexibility index (Phi) is 10.5. The van der Waals surface area contributed by atoms with Crippen LogP contribution in [-0.2, 0) is 0 Å². The Balaban J connectivity index is 2.84. The van der Waals surface area contributed by atoms with Crippen molar-refractivity contribution in [2.75, 3.05) is 19.0 Å². The minimum Gasteiger partial charge on any atom is -0.317 e. The standard InChI is InChI=1S/C11H24ClN/c1-11(2)7-10-13-9-6-4-3-5-8-12/h11,13H,3-10H2,1-2H3. The molecular weight excluding hydrogens is 182 g/mol. The molecular formula is C11H24ClN. The van der Waals surface area contributed by atoms with Crippen LogP contribution < -0.4 is 5.32 Å². The first-order valence-electron chi connectivity index (χ1n) is 5.54. The van der Waals surface area contributed by atoms with Gasteiger partial charge in [0.2, 0.25) is 0 Å². The molecule has 2 heteroatoms. The molecule has 0 unspecified atom stereocenters. The fourth-order valence-corrected chi connectivity index (χ4v) is 1.40. The number of hydrogen-bond donors (Lipinski definition) is 1. The number of hydrogen-bond acceptors (Lipinski definition) is 1. The monoisotopic (exact) mass is 205 g/mol. The lowest BCUT2D eigenvalue weighted by Gasteiger charge is -2.06. The molecule has 0 aromatic rings. The van der Waals surface area contributed by atoms with Gasteiger partial charge < -0.3 is 5.32 Å². The quantitative estimate of drug-likeness (QED) is 0.449. The van der Waals surface area contributed by atoms with Gasteiger partial charge in [0.15, 0.2) is 0 Å². The molecule has 80 valence electrons. The van der Waals surface area contributed by atoms with Crippen molar-refractivity contribution in [3.8, 4) is 0 Å². The highest BCUT2D eigenvalue weighted by Crippen LogP contribution is 2.00. The van der Waals surface area contributed by atoms with E-state index in [2.05, 4.69) is 19.2 Å². The second kappa shape index (κ2) is 10.3. The molecule has 0 aliphatic rings. The first-order valence-corrected chi connectivity index (χ1v) is 6.07. The molecule has 0 bridgehead atoms. The first-order chi connectivity index (χ1) is 6.27. The molecule has 1 nitrogen and oxygen atoms in total. The summed E-state index contributed by atoms with van der Waals surface area (Å²) >= 11 is 5.58. The normalized spacial score (nSPS) is 11.1. The van der Waals surface area contributed by atoms with Crippen LogP contribution in [0.25, 0.3) is 0 Å². The van der Waals surface area contributed by atoms with E-state index in [-0.39, 0.29) is 0 Å². The van der Waals surface area contributed by atoms with Crippen molar-refractivity contribution in [3.63, 3.8) is 0 Å². The molecule has 0 atom stereocenters. The fraction of sp³-hybridized carbons (Fsp3) is 1.00. The lowest BCUT2D eigenvalue weighted by atomic mass is 10.1. The highest BCUT2D eigenvalue weighted by Gasteiger charge is 1.93. The van der Waals surface area contributed by atoms with Crippen LogP contribution in [0.15, 0.2) is 0 Å². The molecule has 0 aliphatic heterocycles. The second-order valence-corrected chi connectivity index (χ2v) is 4.41. The maximum Gasteiger partial charge on any atom is 0.0223 e. The number of alkyl halides is 1. The van der Waals surface area contributed by atoms with Crippen LogP contribution in [0.2, 0.25) is 0 Å². The minimum atomic E-state index is 0.820. The maximum atomic E-state index is 5.58. The third-order valence-electron chi connectivity index (χ3n) is 2.14. The zero-order valence-corrected chi connectivity index (χ0v) is 9.87. The smallest absolute Gasteiger partial charge is 0.0223 e. The molecule has 0 fully saturated rings. The van der Waals surface area contributed by atoms with Crippen LogP contribution in [0.3, 0.4) is 0 Å². The third-order valence-corrected chi connectivity index (χ3v) is 2.40. The van der Waals surface area contributed by atoms with Crippen molar-refractivity contribution in [1.82, 2.24) is 5.32 Å². The Morgan fingerprint density at radius 2 is 1.69 bits per heavy atom. The second-order valence-electron chi connectivity index (χ2n) is 4.04. The van der Waals surface area contributed by atoms with Gasteiger partial charge in [-0.3, -0.25) is 0 Å². The van der Waals surface area contributed by atoms with E-state index >= 15 is 0 Å². The molecule has 0 saturated heterocycles. The number of rotatable bonds is 9.